The molecule has 0 amide bonds. The third-order valence-corrected chi connectivity index (χ3v) is 4.73. The number of hydrogen-bond donors (Lipinski definition) is 0. The molecule has 1 aromatic rings. The van der Waals surface area contributed by atoms with Crippen LogP contribution in [-0.4, -0.2) is 12.3 Å². The van der Waals surface area contributed by atoms with Crippen molar-refractivity contribution in [3.8, 4) is 6.07 Å². The van der Waals surface area contributed by atoms with Crippen molar-refractivity contribution < 1.29 is 0 Å². The van der Waals surface area contributed by atoms with Crippen LogP contribution in [0.1, 0.15) is 0 Å². The maximum atomic E-state index is 9.09. The minimum atomic E-state index is 0.844. The van der Waals surface area contributed by atoms with Crippen LogP contribution in [0.15, 0.2) is 39.1 Å². The molecular weight excluding hydrogens is 224 g/mol. The van der Waals surface area contributed by atoms with Crippen LogP contribution in [-0.2, 0) is 0 Å². The van der Waals surface area contributed by atoms with Crippen molar-refractivity contribution in [2.24, 2.45) is 0 Å². The van der Waals surface area contributed by atoms with Gasteiger partial charge in [0, 0.05) is 17.2 Å². The Morgan fingerprint density at radius 1 is 1.33 bits per heavy atom. The Labute approximate surface area is 97.0 Å². The zero-order valence-corrected chi connectivity index (χ0v) is 9.57. The number of nitrogens with zero attached hydrogens (tertiary/aromatic N) is 2. The topological polar surface area (TPSA) is 27.0 Å². The first-order valence-corrected chi connectivity index (χ1v) is 6.52. The molecule has 15 heavy (non-hydrogen) atoms. The van der Waals surface area contributed by atoms with Gasteiger partial charge in [0.1, 0.15) is 16.0 Å². The number of anilines is 1. The van der Waals surface area contributed by atoms with E-state index in [4.69, 9.17) is 5.26 Å². The molecule has 0 N–H and O–H groups in total. The monoisotopic (exact) mass is 232 g/mol. The zero-order chi connectivity index (χ0) is 10.3. The molecule has 0 radical (unpaired) electrons. The molecule has 2 heterocycles. The number of thioether (sulfide) groups is 2. The molecule has 0 unspecified atom stereocenters. The van der Waals surface area contributed by atoms with E-state index in [1.807, 2.05) is 6.07 Å². The van der Waals surface area contributed by atoms with E-state index in [9.17, 15) is 0 Å². The summed E-state index contributed by atoms with van der Waals surface area (Å²) in [5, 5.41) is 10.2. The molecule has 2 aliphatic rings. The molecule has 74 valence electrons. The van der Waals surface area contributed by atoms with Crippen LogP contribution in [0.2, 0.25) is 0 Å². The van der Waals surface area contributed by atoms with Gasteiger partial charge in [-0.3, -0.25) is 0 Å². The summed E-state index contributed by atoms with van der Waals surface area (Å²) in [7, 11) is 0. The van der Waals surface area contributed by atoms with E-state index >= 15 is 0 Å². The maximum Gasteiger partial charge on any atom is 0.120 e. The van der Waals surface area contributed by atoms with Crippen LogP contribution in [0.5, 0.6) is 0 Å². The predicted molar refractivity (Wildman–Crippen MR) is 64.7 cm³/mol. The van der Waals surface area contributed by atoms with Crippen molar-refractivity contribution in [3.05, 3.63) is 34.2 Å². The SMILES string of the molecule is N#CC1=C2SCCN2c2ccccc2S1. The lowest BCUT2D eigenvalue weighted by atomic mass is 10.3. The number of rotatable bonds is 0. The predicted octanol–water partition coefficient (Wildman–Crippen LogP) is 3.04. The number of hydrogen-bond acceptors (Lipinski definition) is 4. The fourth-order valence-electron chi connectivity index (χ4n) is 1.82. The second-order valence-corrected chi connectivity index (χ2v) is 5.45. The van der Waals surface area contributed by atoms with Gasteiger partial charge in [-0.1, -0.05) is 23.9 Å². The van der Waals surface area contributed by atoms with Crippen molar-refractivity contribution in [3.63, 3.8) is 0 Å². The largest absolute Gasteiger partial charge is 0.333 e. The van der Waals surface area contributed by atoms with Crippen LogP contribution < -0.4 is 4.90 Å². The van der Waals surface area contributed by atoms with Crippen molar-refractivity contribution in [2.75, 3.05) is 17.2 Å². The molecule has 0 aliphatic carbocycles. The van der Waals surface area contributed by atoms with Crippen molar-refractivity contribution in [1.82, 2.24) is 0 Å². The fourth-order valence-corrected chi connectivity index (χ4v) is 4.01. The van der Waals surface area contributed by atoms with Crippen molar-refractivity contribution in [2.45, 2.75) is 4.90 Å². The third-order valence-electron chi connectivity index (χ3n) is 2.46. The summed E-state index contributed by atoms with van der Waals surface area (Å²) in [6.45, 7) is 1.02. The maximum absolute atomic E-state index is 9.09. The summed E-state index contributed by atoms with van der Waals surface area (Å²) >= 11 is 3.37. The molecular formula is C11H8N2S2. The Bertz CT molecular complexity index is 488. The summed E-state index contributed by atoms with van der Waals surface area (Å²) in [4.78, 5) is 4.30. The van der Waals surface area contributed by atoms with E-state index in [-0.39, 0.29) is 0 Å². The summed E-state index contributed by atoms with van der Waals surface area (Å²) < 4.78 is 0. The van der Waals surface area contributed by atoms with Gasteiger partial charge < -0.3 is 4.90 Å². The van der Waals surface area contributed by atoms with E-state index in [1.54, 1.807) is 23.5 Å². The molecule has 2 nitrogen and oxygen atoms in total. The summed E-state index contributed by atoms with van der Waals surface area (Å²) in [6, 6.07) is 10.6. The highest BCUT2D eigenvalue weighted by Gasteiger charge is 2.29. The number of para-hydroxylation sites is 1. The molecule has 0 spiro atoms. The first kappa shape index (κ1) is 9.20. The molecule has 3 rings (SSSR count). The van der Waals surface area contributed by atoms with Gasteiger partial charge >= 0.3 is 0 Å². The van der Waals surface area contributed by atoms with Gasteiger partial charge in [-0.2, -0.15) is 5.26 Å². The van der Waals surface area contributed by atoms with Gasteiger partial charge in [0.15, 0.2) is 0 Å². The number of benzene rings is 1. The molecule has 1 saturated heterocycles. The summed E-state index contributed by atoms with van der Waals surface area (Å²) in [6.07, 6.45) is 0. The lowest BCUT2D eigenvalue weighted by molar-refractivity contribution is 1.02. The molecule has 2 aliphatic heterocycles. The minimum absolute atomic E-state index is 0.844. The highest BCUT2D eigenvalue weighted by molar-refractivity contribution is 8.07. The zero-order valence-electron chi connectivity index (χ0n) is 7.93. The molecule has 1 aromatic carbocycles. The molecule has 0 aromatic heterocycles. The standard InChI is InChI=1S/C11H8N2S2/c12-7-10-11-13(5-6-14-11)8-3-1-2-4-9(8)15-10/h1-4H,5-6H2. The van der Waals surface area contributed by atoms with Gasteiger partial charge in [-0.05, 0) is 12.1 Å². The summed E-state index contributed by atoms with van der Waals surface area (Å²) in [5.41, 5.74) is 1.25. The lowest BCUT2D eigenvalue weighted by Crippen LogP contribution is -2.20. The Morgan fingerprint density at radius 3 is 3.07 bits per heavy atom. The van der Waals surface area contributed by atoms with E-state index in [0.29, 0.717) is 0 Å². The Balaban J connectivity index is 2.17. The normalized spacial score (nSPS) is 18.5. The number of fused-ring (bicyclic) bond motifs is 3. The van der Waals surface area contributed by atoms with Gasteiger partial charge in [-0.25, -0.2) is 0 Å². The van der Waals surface area contributed by atoms with Crippen LogP contribution in [0.25, 0.3) is 0 Å². The average Bonchev–Trinajstić information content (AvgIpc) is 2.77. The van der Waals surface area contributed by atoms with E-state index < -0.39 is 0 Å². The lowest BCUT2D eigenvalue weighted by Gasteiger charge is -2.26. The quantitative estimate of drug-likeness (QED) is 0.687. The minimum Gasteiger partial charge on any atom is -0.333 e. The van der Waals surface area contributed by atoms with Crippen LogP contribution in [0.3, 0.4) is 0 Å². The van der Waals surface area contributed by atoms with Gasteiger partial charge in [0.2, 0.25) is 0 Å². The molecule has 4 heteroatoms. The van der Waals surface area contributed by atoms with Crippen LogP contribution >= 0.6 is 23.5 Å². The van der Waals surface area contributed by atoms with Gasteiger partial charge in [-0.15, -0.1) is 11.8 Å². The van der Waals surface area contributed by atoms with E-state index in [1.165, 1.54) is 10.6 Å². The average molecular weight is 232 g/mol. The Hall–Kier alpha value is -1.05. The third kappa shape index (κ3) is 1.35. The smallest absolute Gasteiger partial charge is 0.120 e. The molecule has 0 bridgehead atoms. The van der Waals surface area contributed by atoms with Crippen molar-refractivity contribution in [1.29, 1.82) is 5.26 Å². The van der Waals surface area contributed by atoms with Gasteiger partial charge in [0.25, 0.3) is 0 Å². The van der Waals surface area contributed by atoms with Gasteiger partial charge in [0.05, 0.1) is 5.69 Å². The first-order chi connectivity index (χ1) is 7.40. The van der Waals surface area contributed by atoms with E-state index in [0.717, 1.165) is 22.2 Å². The second-order valence-electron chi connectivity index (χ2n) is 3.32. The van der Waals surface area contributed by atoms with Crippen LogP contribution in [0, 0.1) is 11.3 Å². The number of allylic oxidation sites excluding steroid dienone is 1. The highest BCUT2D eigenvalue weighted by Crippen LogP contribution is 2.48. The highest BCUT2D eigenvalue weighted by atomic mass is 32.2. The molecule has 0 atom stereocenters. The summed E-state index contributed by atoms with van der Waals surface area (Å²) in [5.74, 6) is 1.08. The van der Waals surface area contributed by atoms with Crippen LogP contribution in [0.4, 0.5) is 5.69 Å². The fraction of sp³-hybridized carbons (Fsp3) is 0.182. The van der Waals surface area contributed by atoms with E-state index in [2.05, 4.69) is 29.2 Å². The molecule has 1 fully saturated rings. The molecule has 0 saturated carbocycles. The van der Waals surface area contributed by atoms with Crippen molar-refractivity contribution >= 4 is 29.2 Å². The first-order valence-electron chi connectivity index (χ1n) is 4.72. The Morgan fingerprint density at radius 2 is 2.20 bits per heavy atom. The Kier molecular flexibility index (Phi) is 2.15. The number of nitriles is 1. The second kappa shape index (κ2) is 3.51.